The fourth-order valence-electron chi connectivity index (χ4n) is 0.608. The maximum Gasteiger partial charge on any atom is 0.221 e. The van der Waals surface area contributed by atoms with Crippen LogP contribution in [0.1, 0.15) is 5.69 Å². The summed E-state index contributed by atoms with van der Waals surface area (Å²) in [7, 11) is 0. The summed E-state index contributed by atoms with van der Waals surface area (Å²) in [6.45, 7) is 0. The lowest BCUT2D eigenvalue weighted by atomic mass is 10.2. The minimum Gasteiger partial charge on any atom is -0.369 e. The second-order valence-electron chi connectivity index (χ2n) is 1.87. The molecular weight excluding hydrogens is 130 g/mol. The zero-order valence-corrected chi connectivity index (χ0v) is 5.37. The smallest absolute Gasteiger partial charge is 0.221 e. The average Bonchev–Trinajstić information content (AvgIpc) is 2.34. The van der Waals surface area contributed by atoms with Gasteiger partial charge < -0.3 is 10.7 Å². The summed E-state index contributed by atoms with van der Waals surface area (Å²) in [5.41, 5.74) is 5.69. The Morgan fingerprint density at radius 2 is 2.70 bits per heavy atom. The number of imidazole rings is 1. The van der Waals surface area contributed by atoms with Crippen LogP contribution in [0.4, 0.5) is 0 Å². The molecule has 0 aromatic carbocycles. The standard InChI is InChI=1S/C6H8N3O/c7-6(10)2-1-5-3-8-4-9-5/h2-4H,1H2,(H2,7,10)(H,8,9). The van der Waals surface area contributed by atoms with E-state index in [9.17, 15) is 4.79 Å². The van der Waals surface area contributed by atoms with Crippen molar-refractivity contribution in [2.24, 2.45) is 5.73 Å². The Hall–Kier alpha value is -1.32. The van der Waals surface area contributed by atoms with Crippen LogP contribution in [-0.2, 0) is 11.2 Å². The Kier molecular flexibility index (Phi) is 2.04. The van der Waals surface area contributed by atoms with Crippen LogP contribution in [0.2, 0.25) is 0 Å². The number of carbonyl (C=O) groups is 1. The molecule has 0 bridgehead atoms. The normalized spacial score (nSPS) is 9.60. The summed E-state index contributed by atoms with van der Waals surface area (Å²) in [5, 5.41) is 0. The van der Waals surface area contributed by atoms with E-state index in [1.54, 1.807) is 12.5 Å². The first-order valence-electron chi connectivity index (χ1n) is 2.89. The predicted molar refractivity (Wildman–Crippen MR) is 35.8 cm³/mol. The molecular formula is C6H8N3O. The van der Waals surface area contributed by atoms with Gasteiger partial charge in [0.25, 0.3) is 0 Å². The van der Waals surface area contributed by atoms with E-state index in [4.69, 9.17) is 5.73 Å². The van der Waals surface area contributed by atoms with Gasteiger partial charge in [0.05, 0.1) is 18.4 Å². The molecule has 0 unspecified atom stereocenters. The molecule has 0 saturated carbocycles. The van der Waals surface area contributed by atoms with Gasteiger partial charge in [0.1, 0.15) is 0 Å². The van der Waals surface area contributed by atoms with Crippen molar-refractivity contribution in [3.63, 3.8) is 0 Å². The molecule has 10 heavy (non-hydrogen) atoms. The van der Waals surface area contributed by atoms with Gasteiger partial charge in [0.15, 0.2) is 0 Å². The molecule has 0 spiro atoms. The van der Waals surface area contributed by atoms with Crippen molar-refractivity contribution in [2.75, 3.05) is 0 Å². The molecule has 1 heterocycles. The Morgan fingerprint density at radius 1 is 1.90 bits per heavy atom. The highest BCUT2D eigenvalue weighted by molar-refractivity contribution is 5.82. The summed E-state index contributed by atoms with van der Waals surface area (Å²) in [5.74, 6) is -0.414. The van der Waals surface area contributed by atoms with E-state index >= 15 is 0 Å². The van der Waals surface area contributed by atoms with Crippen LogP contribution in [0.3, 0.4) is 0 Å². The molecule has 0 aliphatic heterocycles. The SMILES string of the molecule is NC(=O)[CH]Cc1c[nH]cn1. The lowest BCUT2D eigenvalue weighted by Crippen LogP contribution is -2.12. The fourth-order valence-corrected chi connectivity index (χ4v) is 0.608. The van der Waals surface area contributed by atoms with E-state index in [-0.39, 0.29) is 0 Å². The lowest BCUT2D eigenvalue weighted by Gasteiger charge is -1.88. The summed E-state index contributed by atoms with van der Waals surface area (Å²) >= 11 is 0. The van der Waals surface area contributed by atoms with Gasteiger partial charge in [-0.1, -0.05) is 0 Å². The minimum atomic E-state index is -0.414. The zero-order chi connectivity index (χ0) is 7.40. The number of hydrogen-bond acceptors (Lipinski definition) is 2. The van der Waals surface area contributed by atoms with E-state index < -0.39 is 5.91 Å². The number of aromatic amines is 1. The number of amides is 1. The van der Waals surface area contributed by atoms with Crippen LogP contribution < -0.4 is 5.73 Å². The molecule has 0 aliphatic rings. The third-order valence-corrected chi connectivity index (χ3v) is 1.07. The van der Waals surface area contributed by atoms with Crippen molar-refractivity contribution in [1.82, 2.24) is 9.97 Å². The second kappa shape index (κ2) is 3.00. The van der Waals surface area contributed by atoms with E-state index in [1.165, 1.54) is 6.42 Å². The number of rotatable bonds is 3. The van der Waals surface area contributed by atoms with Crippen molar-refractivity contribution in [3.05, 3.63) is 24.6 Å². The molecule has 3 N–H and O–H groups in total. The van der Waals surface area contributed by atoms with Gasteiger partial charge in [-0.2, -0.15) is 0 Å². The quantitative estimate of drug-likeness (QED) is 0.598. The van der Waals surface area contributed by atoms with E-state index in [0.717, 1.165) is 5.69 Å². The highest BCUT2D eigenvalue weighted by Gasteiger charge is 1.97. The highest BCUT2D eigenvalue weighted by atomic mass is 16.1. The average molecular weight is 138 g/mol. The van der Waals surface area contributed by atoms with Crippen LogP contribution in [0.15, 0.2) is 12.5 Å². The zero-order valence-electron chi connectivity index (χ0n) is 5.37. The van der Waals surface area contributed by atoms with Gasteiger partial charge in [0.2, 0.25) is 5.91 Å². The van der Waals surface area contributed by atoms with Gasteiger partial charge >= 0.3 is 0 Å². The molecule has 4 nitrogen and oxygen atoms in total. The first kappa shape index (κ1) is 6.80. The number of nitrogens with two attached hydrogens (primary N) is 1. The topological polar surface area (TPSA) is 71.8 Å². The van der Waals surface area contributed by atoms with Crippen LogP contribution in [0.25, 0.3) is 0 Å². The maximum absolute atomic E-state index is 10.2. The first-order chi connectivity index (χ1) is 4.79. The Labute approximate surface area is 58.5 Å². The number of carbonyl (C=O) groups excluding carboxylic acids is 1. The van der Waals surface area contributed by atoms with Gasteiger partial charge in [-0.15, -0.1) is 0 Å². The first-order valence-corrected chi connectivity index (χ1v) is 2.89. The van der Waals surface area contributed by atoms with Gasteiger partial charge in [0, 0.05) is 12.6 Å². The van der Waals surface area contributed by atoms with E-state index in [0.29, 0.717) is 6.42 Å². The molecule has 1 aromatic rings. The minimum absolute atomic E-state index is 0.414. The largest absolute Gasteiger partial charge is 0.369 e. The third kappa shape index (κ3) is 1.89. The van der Waals surface area contributed by atoms with E-state index in [1.807, 2.05) is 0 Å². The monoisotopic (exact) mass is 138 g/mol. The number of primary amides is 1. The predicted octanol–water partition coefficient (Wildman–Crippen LogP) is -0.358. The Balaban J connectivity index is 2.35. The molecule has 0 saturated heterocycles. The number of H-pyrrole nitrogens is 1. The van der Waals surface area contributed by atoms with Crippen LogP contribution in [0, 0.1) is 6.42 Å². The molecule has 1 rings (SSSR count). The molecule has 1 aromatic heterocycles. The molecule has 0 atom stereocenters. The molecule has 0 aliphatic carbocycles. The van der Waals surface area contributed by atoms with Crippen molar-refractivity contribution in [3.8, 4) is 0 Å². The number of hydrogen-bond donors (Lipinski definition) is 2. The lowest BCUT2D eigenvalue weighted by molar-refractivity contribution is -0.115. The molecule has 0 fully saturated rings. The van der Waals surface area contributed by atoms with Crippen molar-refractivity contribution in [2.45, 2.75) is 6.42 Å². The van der Waals surface area contributed by atoms with Gasteiger partial charge in [-0.3, -0.25) is 4.79 Å². The van der Waals surface area contributed by atoms with Gasteiger partial charge in [-0.25, -0.2) is 4.98 Å². The van der Waals surface area contributed by atoms with Crippen LogP contribution >= 0.6 is 0 Å². The summed E-state index contributed by atoms with van der Waals surface area (Å²) in [6, 6.07) is 0. The highest BCUT2D eigenvalue weighted by Crippen LogP contribution is 1.93. The summed E-state index contributed by atoms with van der Waals surface area (Å²) in [4.78, 5) is 16.9. The van der Waals surface area contributed by atoms with E-state index in [2.05, 4.69) is 9.97 Å². The number of aromatic nitrogens is 2. The molecule has 1 amide bonds. The second-order valence-corrected chi connectivity index (χ2v) is 1.87. The third-order valence-electron chi connectivity index (χ3n) is 1.07. The Bertz CT molecular complexity index is 205. The fraction of sp³-hybridized carbons (Fsp3) is 0.167. The summed E-state index contributed by atoms with van der Waals surface area (Å²) < 4.78 is 0. The number of nitrogens with one attached hydrogen (secondary N) is 1. The molecule has 53 valence electrons. The van der Waals surface area contributed by atoms with Crippen molar-refractivity contribution in [1.29, 1.82) is 0 Å². The maximum atomic E-state index is 10.2. The van der Waals surface area contributed by atoms with Gasteiger partial charge in [-0.05, 0) is 0 Å². The number of nitrogens with zero attached hydrogens (tertiary/aromatic N) is 1. The Morgan fingerprint density at radius 3 is 3.20 bits per heavy atom. The molecule has 4 heteroatoms. The van der Waals surface area contributed by atoms with Crippen molar-refractivity contribution < 1.29 is 4.79 Å². The van der Waals surface area contributed by atoms with Crippen LogP contribution in [0.5, 0.6) is 0 Å². The van der Waals surface area contributed by atoms with Crippen molar-refractivity contribution >= 4 is 5.91 Å². The molecule has 1 radical (unpaired) electrons. The summed E-state index contributed by atoms with van der Waals surface area (Å²) in [6.07, 6.45) is 5.17. The van der Waals surface area contributed by atoms with Crippen LogP contribution in [-0.4, -0.2) is 15.9 Å².